The number of ketones is 1. The van der Waals surface area contributed by atoms with E-state index >= 15 is 0 Å². The zero-order valence-corrected chi connectivity index (χ0v) is 21.3. The van der Waals surface area contributed by atoms with Gasteiger partial charge in [-0.05, 0) is 36.8 Å². The molecule has 0 saturated heterocycles. The second-order valence-corrected chi connectivity index (χ2v) is 9.28. The van der Waals surface area contributed by atoms with Crippen LogP contribution in [-0.4, -0.2) is 34.5 Å². The molecule has 8 heteroatoms. The van der Waals surface area contributed by atoms with Crippen molar-refractivity contribution in [3.8, 4) is 0 Å². The van der Waals surface area contributed by atoms with E-state index in [1.807, 2.05) is 0 Å². The van der Waals surface area contributed by atoms with Crippen molar-refractivity contribution in [2.75, 3.05) is 11.9 Å². The number of nitrogens with one attached hydrogen (secondary N) is 3. The lowest BCUT2D eigenvalue weighted by Crippen LogP contribution is -2.31. The zero-order valence-electron chi connectivity index (χ0n) is 19.8. The van der Waals surface area contributed by atoms with E-state index in [0.29, 0.717) is 12.1 Å². The number of halogens is 2. The second-order valence-electron chi connectivity index (χ2n) is 8.43. The van der Waals surface area contributed by atoms with Crippen LogP contribution < -0.4 is 10.6 Å². The Balaban J connectivity index is 1.73. The lowest BCUT2D eigenvalue weighted by Gasteiger charge is -2.12. The molecule has 0 aliphatic rings. The molecule has 0 saturated carbocycles. The van der Waals surface area contributed by atoms with Crippen molar-refractivity contribution < 1.29 is 14.4 Å². The minimum absolute atomic E-state index is 0.225. The number of aromatic amines is 1. The van der Waals surface area contributed by atoms with Crippen LogP contribution in [0.4, 0.5) is 5.69 Å². The molecule has 2 rings (SSSR count). The Kier molecular flexibility index (Phi) is 12.8. The number of unbranched alkanes of at least 4 members (excludes halogenated alkanes) is 9. The highest BCUT2D eigenvalue weighted by atomic mass is 35.5. The highest BCUT2D eigenvalue weighted by Gasteiger charge is 2.26. The standard InChI is InChI=1S/C26H35Cl2N3O3/c1-2-3-4-5-6-7-8-9-10-11-16-30-25(33)19-14-15-20(27)22(18-19)31-26(34)23(28)24(32)21-13-12-17-29-21/h12-15,17-18,23,29H,2-11,16H2,1H3,(H,30,33)(H,31,34). The molecule has 0 aliphatic carbocycles. The van der Waals surface area contributed by atoms with E-state index in [-0.39, 0.29) is 22.3 Å². The van der Waals surface area contributed by atoms with Crippen LogP contribution >= 0.6 is 23.2 Å². The third-order valence-corrected chi connectivity index (χ3v) is 6.35. The predicted octanol–water partition coefficient (Wildman–Crippen LogP) is 6.75. The number of alkyl halides is 1. The topological polar surface area (TPSA) is 91.1 Å². The van der Waals surface area contributed by atoms with E-state index in [1.54, 1.807) is 18.3 Å². The predicted molar refractivity (Wildman–Crippen MR) is 139 cm³/mol. The first-order valence-electron chi connectivity index (χ1n) is 12.1. The fourth-order valence-electron chi connectivity index (χ4n) is 3.61. The van der Waals surface area contributed by atoms with Gasteiger partial charge in [0.2, 0.25) is 5.78 Å². The summed E-state index contributed by atoms with van der Waals surface area (Å²) in [6, 6.07) is 7.79. The van der Waals surface area contributed by atoms with Gasteiger partial charge >= 0.3 is 0 Å². The van der Waals surface area contributed by atoms with Crippen molar-refractivity contribution in [3.63, 3.8) is 0 Å². The SMILES string of the molecule is CCCCCCCCCCCCNC(=O)c1ccc(Cl)c(NC(=O)C(Cl)C(=O)c2ccc[nH]2)c1. The molecule has 1 aromatic carbocycles. The summed E-state index contributed by atoms with van der Waals surface area (Å²) in [6.45, 7) is 2.82. The molecule has 34 heavy (non-hydrogen) atoms. The quantitative estimate of drug-likeness (QED) is 0.101. The number of amides is 2. The van der Waals surface area contributed by atoms with Crippen LogP contribution in [0.15, 0.2) is 36.5 Å². The summed E-state index contributed by atoms with van der Waals surface area (Å²) in [6.07, 6.45) is 13.9. The third kappa shape index (κ3) is 9.51. The van der Waals surface area contributed by atoms with Crippen LogP contribution in [-0.2, 0) is 4.79 Å². The van der Waals surface area contributed by atoms with Gasteiger partial charge in [-0.15, -0.1) is 11.6 Å². The lowest BCUT2D eigenvalue weighted by molar-refractivity contribution is -0.115. The van der Waals surface area contributed by atoms with Crippen LogP contribution in [0.2, 0.25) is 5.02 Å². The van der Waals surface area contributed by atoms with Crippen LogP contribution in [0, 0.1) is 0 Å². The number of H-pyrrole nitrogens is 1. The molecule has 0 fully saturated rings. The van der Waals surface area contributed by atoms with Crippen LogP contribution in [0.25, 0.3) is 0 Å². The minimum Gasteiger partial charge on any atom is -0.359 e. The Morgan fingerprint density at radius 2 is 1.59 bits per heavy atom. The highest BCUT2D eigenvalue weighted by Crippen LogP contribution is 2.24. The summed E-state index contributed by atoms with van der Waals surface area (Å²) in [7, 11) is 0. The Morgan fingerprint density at radius 1 is 0.941 bits per heavy atom. The first-order chi connectivity index (χ1) is 16.4. The van der Waals surface area contributed by atoms with E-state index in [1.165, 1.54) is 69.6 Å². The first-order valence-corrected chi connectivity index (χ1v) is 13.0. The van der Waals surface area contributed by atoms with Crippen LogP contribution in [0.3, 0.4) is 0 Å². The van der Waals surface area contributed by atoms with Gasteiger partial charge in [-0.3, -0.25) is 14.4 Å². The normalized spacial score (nSPS) is 11.7. The summed E-state index contributed by atoms with van der Waals surface area (Å²) in [5, 5.41) is 4.27. The monoisotopic (exact) mass is 507 g/mol. The molecule has 186 valence electrons. The van der Waals surface area contributed by atoms with Gasteiger partial charge in [-0.1, -0.05) is 76.3 Å². The maximum absolute atomic E-state index is 12.5. The maximum Gasteiger partial charge on any atom is 0.251 e. The van der Waals surface area contributed by atoms with E-state index in [9.17, 15) is 14.4 Å². The highest BCUT2D eigenvalue weighted by molar-refractivity contribution is 6.45. The van der Waals surface area contributed by atoms with Gasteiger partial charge in [-0.2, -0.15) is 0 Å². The van der Waals surface area contributed by atoms with E-state index in [2.05, 4.69) is 22.5 Å². The number of carbonyl (C=O) groups is 3. The Bertz CT molecular complexity index is 916. The maximum atomic E-state index is 12.5. The lowest BCUT2D eigenvalue weighted by atomic mass is 10.1. The zero-order chi connectivity index (χ0) is 24.8. The number of hydrogen-bond acceptors (Lipinski definition) is 3. The van der Waals surface area contributed by atoms with E-state index in [0.717, 1.165) is 12.8 Å². The fourth-order valence-corrected chi connectivity index (χ4v) is 3.95. The van der Waals surface area contributed by atoms with E-state index in [4.69, 9.17) is 23.2 Å². The van der Waals surface area contributed by atoms with Gasteiger partial charge < -0.3 is 15.6 Å². The number of carbonyl (C=O) groups excluding carboxylic acids is 3. The van der Waals surface area contributed by atoms with Crippen molar-refractivity contribution in [3.05, 3.63) is 52.8 Å². The average molecular weight is 508 g/mol. The molecule has 0 aliphatic heterocycles. The van der Waals surface area contributed by atoms with Crippen molar-refractivity contribution >= 4 is 46.5 Å². The van der Waals surface area contributed by atoms with Crippen LogP contribution in [0.5, 0.6) is 0 Å². The van der Waals surface area contributed by atoms with Crippen molar-refractivity contribution in [2.24, 2.45) is 0 Å². The number of anilines is 1. The minimum atomic E-state index is -1.43. The average Bonchev–Trinajstić information content (AvgIpc) is 3.37. The van der Waals surface area contributed by atoms with E-state index < -0.39 is 17.1 Å². The summed E-state index contributed by atoms with van der Waals surface area (Å²) >= 11 is 12.2. The number of rotatable bonds is 16. The largest absolute Gasteiger partial charge is 0.359 e. The molecule has 6 nitrogen and oxygen atoms in total. The molecular weight excluding hydrogens is 473 g/mol. The smallest absolute Gasteiger partial charge is 0.251 e. The Labute approximate surface area is 212 Å². The van der Waals surface area contributed by atoms with Gasteiger partial charge in [0, 0.05) is 18.3 Å². The molecule has 1 unspecified atom stereocenters. The number of aromatic nitrogens is 1. The Hall–Kier alpha value is -2.31. The van der Waals surface area contributed by atoms with Gasteiger partial charge in [-0.25, -0.2) is 0 Å². The molecule has 0 radical (unpaired) electrons. The van der Waals surface area contributed by atoms with Gasteiger partial charge in [0.1, 0.15) is 0 Å². The first kappa shape index (κ1) is 27.9. The molecule has 0 spiro atoms. The number of hydrogen-bond donors (Lipinski definition) is 3. The molecule has 1 atom stereocenters. The molecular formula is C26H35Cl2N3O3. The Morgan fingerprint density at radius 3 is 2.21 bits per heavy atom. The molecule has 2 aromatic rings. The summed E-state index contributed by atoms with van der Waals surface area (Å²) in [5.74, 6) is -1.51. The van der Waals surface area contributed by atoms with Gasteiger partial charge in [0.15, 0.2) is 5.38 Å². The van der Waals surface area contributed by atoms with Crippen molar-refractivity contribution in [1.29, 1.82) is 0 Å². The molecule has 3 N–H and O–H groups in total. The van der Waals surface area contributed by atoms with Gasteiger partial charge in [0.05, 0.1) is 16.4 Å². The molecule has 1 heterocycles. The third-order valence-electron chi connectivity index (χ3n) is 5.63. The fraction of sp³-hybridized carbons (Fsp3) is 0.500. The second kappa shape index (κ2) is 15.6. The molecule has 2 amide bonds. The van der Waals surface area contributed by atoms with Gasteiger partial charge in [0.25, 0.3) is 11.8 Å². The number of Topliss-reactive ketones (excluding diaryl/α,β-unsaturated/α-hetero) is 1. The summed E-state index contributed by atoms with van der Waals surface area (Å²) in [5.41, 5.74) is 0.832. The van der Waals surface area contributed by atoms with Crippen molar-refractivity contribution in [2.45, 2.75) is 76.5 Å². The van der Waals surface area contributed by atoms with Crippen LogP contribution in [0.1, 0.15) is 92.0 Å². The number of benzene rings is 1. The molecule has 0 bridgehead atoms. The summed E-state index contributed by atoms with van der Waals surface area (Å²) < 4.78 is 0. The summed E-state index contributed by atoms with van der Waals surface area (Å²) in [4.78, 5) is 39.9. The molecule has 1 aromatic heterocycles. The van der Waals surface area contributed by atoms with Crippen molar-refractivity contribution in [1.82, 2.24) is 10.3 Å².